The summed E-state index contributed by atoms with van der Waals surface area (Å²) in [6.45, 7) is 10.9. The monoisotopic (exact) mass is 463 g/mol. The van der Waals surface area contributed by atoms with Crippen LogP contribution in [0.2, 0.25) is 0 Å². The summed E-state index contributed by atoms with van der Waals surface area (Å²) in [5.41, 5.74) is 1.56. The summed E-state index contributed by atoms with van der Waals surface area (Å²) in [5.74, 6) is 1.70. The minimum Gasteiger partial charge on any atom is -0.490 e. The van der Waals surface area contributed by atoms with Crippen molar-refractivity contribution in [2.45, 2.75) is 58.9 Å². The van der Waals surface area contributed by atoms with Crippen molar-refractivity contribution in [3.8, 4) is 5.75 Å². The number of anilines is 2. The number of likely N-dealkylation sites (tertiary alicyclic amines) is 1. The number of nitrogens with zero attached hydrogens (tertiary/aromatic N) is 3. The van der Waals surface area contributed by atoms with Crippen molar-refractivity contribution in [2.24, 2.45) is 16.7 Å². The summed E-state index contributed by atoms with van der Waals surface area (Å²) in [7, 11) is 0. The average molecular weight is 464 g/mol. The second kappa shape index (κ2) is 9.17. The van der Waals surface area contributed by atoms with Gasteiger partial charge in [0.05, 0.1) is 5.69 Å². The molecule has 7 heteroatoms. The summed E-state index contributed by atoms with van der Waals surface area (Å²) < 4.78 is 6.06. The fourth-order valence-corrected chi connectivity index (χ4v) is 6.31. The predicted molar refractivity (Wildman–Crippen MR) is 133 cm³/mol. The molecule has 2 bridgehead atoms. The summed E-state index contributed by atoms with van der Waals surface area (Å²) in [6.07, 6.45) is 7.66. The molecule has 2 aromatic rings. The Balaban J connectivity index is 1.23. The van der Waals surface area contributed by atoms with E-state index in [4.69, 9.17) is 4.74 Å². The molecule has 3 fully saturated rings. The molecule has 3 aliphatic rings. The first-order chi connectivity index (χ1) is 16.4. The van der Waals surface area contributed by atoms with Gasteiger partial charge >= 0.3 is 0 Å². The first-order valence-electron chi connectivity index (χ1n) is 12.7. The van der Waals surface area contributed by atoms with E-state index in [1.165, 1.54) is 25.7 Å². The smallest absolute Gasteiger partial charge is 0.270 e. The lowest BCUT2D eigenvalue weighted by molar-refractivity contribution is 0.0821. The number of hydrogen-bond donors (Lipinski definition) is 2. The number of rotatable bonds is 8. The third kappa shape index (κ3) is 4.26. The first-order valence-corrected chi connectivity index (χ1v) is 12.7. The zero-order valence-corrected chi connectivity index (χ0v) is 20.6. The molecule has 5 rings (SSSR count). The molecule has 3 atom stereocenters. The van der Waals surface area contributed by atoms with Crippen LogP contribution in [0.3, 0.4) is 0 Å². The Kier molecular flexibility index (Phi) is 6.23. The van der Waals surface area contributed by atoms with Gasteiger partial charge in [0, 0.05) is 18.8 Å². The number of benzene rings is 1. The van der Waals surface area contributed by atoms with Gasteiger partial charge in [0.15, 0.2) is 0 Å². The molecule has 2 N–H and O–H groups in total. The second-order valence-electron chi connectivity index (χ2n) is 10.9. The highest BCUT2D eigenvalue weighted by molar-refractivity contribution is 5.92. The molecule has 1 saturated heterocycles. The molecule has 7 nitrogen and oxygen atoms in total. The van der Waals surface area contributed by atoms with Gasteiger partial charge in [-0.2, -0.15) is 0 Å². The average Bonchev–Trinajstić information content (AvgIpc) is 3.47. The molecule has 1 aromatic heterocycles. The van der Waals surface area contributed by atoms with Crippen LogP contribution in [0.5, 0.6) is 5.75 Å². The Morgan fingerprint density at radius 1 is 1.18 bits per heavy atom. The number of carbonyl (C=O) groups excluding carboxylic acids is 1. The van der Waals surface area contributed by atoms with Crippen molar-refractivity contribution < 1.29 is 9.53 Å². The van der Waals surface area contributed by atoms with Gasteiger partial charge in [-0.1, -0.05) is 32.9 Å². The van der Waals surface area contributed by atoms with Crippen LogP contribution < -0.4 is 15.4 Å². The zero-order chi connectivity index (χ0) is 23.8. The minimum atomic E-state index is -0.129. The van der Waals surface area contributed by atoms with Gasteiger partial charge in [-0.05, 0) is 80.1 Å². The lowest BCUT2D eigenvalue weighted by atomic mass is 9.69. The molecule has 0 spiro atoms. The largest absolute Gasteiger partial charge is 0.490 e. The molecule has 182 valence electrons. The van der Waals surface area contributed by atoms with E-state index < -0.39 is 0 Å². The maximum atomic E-state index is 13.1. The molecule has 1 aliphatic heterocycles. The molecule has 2 saturated carbocycles. The summed E-state index contributed by atoms with van der Waals surface area (Å²) in [5, 5.41) is 6.54. The summed E-state index contributed by atoms with van der Waals surface area (Å²) >= 11 is 0. The Labute approximate surface area is 202 Å². The number of hydrogen-bond acceptors (Lipinski definition) is 6. The number of fused-ring (bicyclic) bond motifs is 2. The van der Waals surface area contributed by atoms with E-state index in [-0.39, 0.29) is 22.8 Å². The number of nitrogens with one attached hydrogen (secondary N) is 2. The van der Waals surface area contributed by atoms with E-state index in [9.17, 15) is 4.79 Å². The van der Waals surface area contributed by atoms with Gasteiger partial charge in [-0.25, -0.2) is 9.97 Å². The van der Waals surface area contributed by atoms with Crippen LogP contribution in [0.4, 0.5) is 11.6 Å². The molecule has 2 aliphatic carbocycles. The number of aromatic nitrogens is 2. The molecular weight excluding hydrogens is 426 g/mol. The molecule has 2 heterocycles. The standard InChI is InChI=1S/C27H37N5O2/c1-26(2)19-10-12-27(26,3)23(18-19)31-24(33)21-11-13-28-25(30-21)29-20-8-4-5-9-22(20)34-17-16-32-14-6-7-15-32/h4-5,8-9,11,13,19,23H,6-7,10,12,14-18H2,1-3H3,(H,31,33)(H,28,29,30). The lowest BCUT2D eigenvalue weighted by Gasteiger charge is -2.39. The topological polar surface area (TPSA) is 79.4 Å². The van der Waals surface area contributed by atoms with Crippen LogP contribution in [-0.2, 0) is 0 Å². The normalized spacial score (nSPS) is 27.6. The number of carbonyl (C=O) groups is 1. The van der Waals surface area contributed by atoms with Crippen molar-refractivity contribution in [2.75, 3.05) is 31.6 Å². The van der Waals surface area contributed by atoms with Crippen LogP contribution in [0, 0.1) is 16.7 Å². The van der Waals surface area contributed by atoms with Gasteiger partial charge < -0.3 is 15.4 Å². The Morgan fingerprint density at radius 3 is 2.71 bits per heavy atom. The fourth-order valence-electron chi connectivity index (χ4n) is 6.31. The zero-order valence-electron chi connectivity index (χ0n) is 20.6. The fraction of sp³-hybridized carbons (Fsp3) is 0.593. The predicted octanol–water partition coefficient (Wildman–Crippen LogP) is 4.64. The maximum Gasteiger partial charge on any atom is 0.270 e. The third-order valence-electron chi connectivity index (χ3n) is 8.98. The van der Waals surface area contributed by atoms with E-state index in [1.54, 1.807) is 12.3 Å². The quantitative estimate of drug-likeness (QED) is 0.594. The molecule has 1 amide bonds. The number of amides is 1. The van der Waals surface area contributed by atoms with Gasteiger partial charge in [0.25, 0.3) is 5.91 Å². The van der Waals surface area contributed by atoms with E-state index in [2.05, 4.69) is 46.3 Å². The van der Waals surface area contributed by atoms with Crippen molar-refractivity contribution in [1.82, 2.24) is 20.2 Å². The first kappa shape index (κ1) is 23.1. The van der Waals surface area contributed by atoms with E-state index in [0.717, 1.165) is 37.5 Å². The third-order valence-corrected chi connectivity index (χ3v) is 8.98. The van der Waals surface area contributed by atoms with Crippen molar-refractivity contribution in [3.05, 3.63) is 42.2 Å². The van der Waals surface area contributed by atoms with Crippen LogP contribution >= 0.6 is 0 Å². The highest BCUT2D eigenvalue weighted by Gasteiger charge is 2.61. The maximum absolute atomic E-state index is 13.1. The highest BCUT2D eigenvalue weighted by atomic mass is 16.5. The Hall–Kier alpha value is -2.67. The highest BCUT2D eigenvalue weighted by Crippen LogP contribution is 2.65. The van der Waals surface area contributed by atoms with Gasteiger partial charge in [-0.3, -0.25) is 9.69 Å². The van der Waals surface area contributed by atoms with Gasteiger partial charge in [0.1, 0.15) is 18.1 Å². The molecular formula is C27H37N5O2. The van der Waals surface area contributed by atoms with Crippen molar-refractivity contribution >= 4 is 17.5 Å². The van der Waals surface area contributed by atoms with Crippen LogP contribution in [0.15, 0.2) is 36.5 Å². The van der Waals surface area contributed by atoms with Gasteiger partial charge in [0.2, 0.25) is 5.95 Å². The van der Waals surface area contributed by atoms with Crippen molar-refractivity contribution in [1.29, 1.82) is 0 Å². The second-order valence-corrected chi connectivity index (χ2v) is 10.9. The van der Waals surface area contributed by atoms with Crippen LogP contribution in [0.1, 0.15) is 63.4 Å². The summed E-state index contributed by atoms with van der Waals surface area (Å²) in [4.78, 5) is 24.4. The van der Waals surface area contributed by atoms with E-state index in [0.29, 0.717) is 24.2 Å². The van der Waals surface area contributed by atoms with Gasteiger partial charge in [-0.15, -0.1) is 0 Å². The van der Waals surface area contributed by atoms with E-state index >= 15 is 0 Å². The molecule has 34 heavy (non-hydrogen) atoms. The Morgan fingerprint density at radius 2 is 1.97 bits per heavy atom. The summed E-state index contributed by atoms with van der Waals surface area (Å²) in [6, 6.07) is 9.66. The van der Waals surface area contributed by atoms with Crippen LogP contribution in [0.25, 0.3) is 0 Å². The Bertz CT molecular complexity index is 1040. The molecule has 3 unspecified atom stereocenters. The van der Waals surface area contributed by atoms with E-state index in [1.807, 2.05) is 24.3 Å². The lowest BCUT2D eigenvalue weighted by Crippen LogP contribution is -2.47. The van der Waals surface area contributed by atoms with Crippen LogP contribution in [-0.4, -0.2) is 53.1 Å². The molecule has 1 aromatic carbocycles. The SMILES string of the molecule is CC1(C)C2CCC1(C)C(NC(=O)c1ccnc(Nc3ccccc3OCCN3CCCC3)n1)C2. The number of ether oxygens (including phenoxy) is 1. The minimum absolute atomic E-state index is 0.129. The molecule has 0 radical (unpaired) electrons. The van der Waals surface area contributed by atoms with Crippen molar-refractivity contribution in [3.63, 3.8) is 0 Å². The number of para-hydroxylation sites is 2.